The lowest BCUT2D eigenvalue weighted by atomic mass is 9.94. The van der Waals surface area contributed by atoms with Gasteiger partial charge in [0.1, 0.15) is 11.8 Å². The van der Waals surface area contributed by atoms with Crippen LogP contribution in [0.1, 0.15) is 29.7 Å². The molecular weight excluding hydrogens is 148 g/mol. The summed E-state index contributed by atoms with van der Waals surface area (Å²) in [7, 11) is 1.96. The Morgan fingerprint density at radius 2 is 2.17 bits per heavy atom. The molecule has 0 fully saturated rings. The first-order valence-electron chi connectivity index (χ1n) is 4.40. The molecule has 0 unspecified atom stereocenters. The lowest BCUT2D eigenvalue weighted by Gasteiger charge is -2.09. The van der Waals surface area contributed by atoms with Crippen molar-refractivity contribution in [3.8, 4) is 6.07 Å². The first-order chi connectivity index (χ1) is 5.83. The van der Waals surface area contributed by atoms with Crippen LogP contribution in [0.25, 0.3) is 0 Å². The van der Waals surface area contributed by atoms with E-state index in [1.54, 1.807) is 0 Å². The van der Waals surface area contributed by atoms with Crippen LogP contribution in [0.4, 0.5) is 0 Å². The monoisotopic (exact) mass is 160 g/mol. The van der Waals surface area contributed by atoms with Crippen LogP contribution in [0.15, 0.2) is 6.20 Å². The van der Waals surface area contributed by atoms with E-state index in [2.05, 4.69) is 12.3 Å². The highest BCUT2D eigenvalue weighted by Gasteiger charge is 2.16. The van der Waals surface area contributed by atoms with Crippen molar-refractivity contribution >= 4 is 0 Å². The molecule has 0 aromatic carbocycles. The molecule has 2 heteroatoms. The molecule has 1 aromatic heterocycles. The van der Waals surface area contributed by atoms with Gasteiger partial charge in [-0.1, -0.05) is 0 Å². The summed E-state index contributed by atoms with van der Waals surface area (Å²) in [4.78, 5) is 0. The SMILES string of the molecule is Cn1cc2c(c1C#N)CCCC2. The molecule has 1 aromatic rings. The zero-order valence-electron chi connectivity index (χ0n) is 7.30. The van der Waals surface area contributed by atoms with E-state index >= 15 is 0 Å². The van der Waals surface area contributed by atoms with Gasteiger partial charge in [0.15, 0.2) is 0 Å². The number of aryl methyl sites for hydroxylation is 2. The van der Waals surface area contributed by atoms with Crippen LogP contribution in [0.5, 0.6) is 0 Å². The zero-order chi connectivity index (χ0) is 8.55. The standard InChI is InChI=1S/C10H12N2/c1-12-7-8-4-2-3-5-9(8)10(12)6-11/h7H,2-5H2,1H3. The van der Waals surface area contributed by atoms with Crippen molar-refractivity contribution in [3.63, 3.8) is 0 Å². The van der Waals surface area contributed by atoms with E-state index in [0.29, 0.717) is 0 Å². The molecule has 2 rings (SSSR count). The molecule has 0 aliphatic heterocycles. The highest BCUT2D eigenvalue weighted by Crippen LogP contribution is 2.24. The molecule has 62 valence electrons. The minimum atomic E-state index is 0.865. The molecular formula is C10H12N2. The number of rotatable bonds is 0. The maximum absolute atomic E-state index is 8.89. The summed E-state index contributed by atoms with van der Waals surface area (Å²) in [6.07, 6.45) is 6.88. The van der Waals surface area contributed by atoms with Gasteiger partial charge in [-0.2, -0.15) is 5.26 Å². The Labute approximate surface area is 72.4 Å². The van der Waals surface area contributed by atoms with Crippen LogP contribution >= 0.6 is 0 Å². The Morgan fingerprint density at radius 3 is 2.92 bits per heavy atom. The summed E-state index contributed by atoms with van der Waals surface area (Å²) < 4.78 is 1.95. The highest BCUT2D eigenvalue weighted by molar-refractivity contribution is 5.41. The van der Waals surface area contributed by atoms with Crippen LogP contribution in [-0.2, 0) is 19.9 Å². The number of nitrogens with zero attached hydrogens (tertiary/aromatic N) is 2. The minimum Gasteiger partial charge on any atom is -0.342 e. The molecule has 12 heavy (non-hydrogen) atoms. The van der Waals surface area contributed by atoms with Crippen molar-refractivity contribution in [2.24, 2.45) is 7.05 Å². The van der Waals surface area contributed by atoms with Gasteiger partial charge in [0, 0.05) is 13.2 Å². The first kappa shape index (κ1) is 7.42. The second-order valence-corrected chi connectivity index (χ2v) is 3.41. The Balaban J connectivity index is 2.56. The molecule has 0 amide bonds. The third kappa shape index (κ3) is 0.937. The summed E-state index contributed by atoms with van der Waals surface area (Å²) in [5.74, 6) is 0. The van der Waals surface area contributed by atoms with Crippen LogP contribution in [0.3, 0.4) is 0 Å². The Kier molecular flexibility index (Phi) is 1.65. The zero-order valence-corrected chi connectivity index (χ0v) is 7.30. The summed E-state index contributed by atoms with van der Waals surface area (Å²) in [5, 5.41) is 8.89. The predicted molar refractivity (Wildman–Crippen MR) is 46.8 cm³/mol. The van der Waals surface area contributed by atoms with Gasteiger partial charge in [-0.25, -0.2) is 0 Å². The largest absolute Gasteiger partial charge is 0.342 e. The van der Waals surface area contributed by atoms with Crippen LogP contribution < -0.4 is 0 Å². The highest BCUT2D eigenvalue weighted by atomic mass is 14.9. The molecule has 0 bridgehead atoms. The fraction of sp³-hybridized carbons (Fsp3) is 0.500. The Morgan fingerprint density at radius 1 is 1.42 bits per heavy atom. The van der Waals surface area contributed by atoms with E-state index in [-0.39, 0.29) is 0 Å². The van der Waals surface area contributed by atoms with E-state index in [4.69, 9.17) is 5.26 Å². The molecule has 0 radical (unpaired) electrons. The lowest BCUT2D eigenvalue weighted by Crippen LogP contribution is -2.00. The summed E-state index contributed by atoms with van der Waals surface area (Å²) >= 11 is 0. The van der Waals surface area contributed by atoms with Gasteiger partial charge >= 0.3 is 0 Å². The van der Waals surface area contributed by atoms with Gasteiger partial charge in [0.25, 0.3) is 0 Å². The number of fused-ring (bicyclic) bond motifs is 1. The predicted octanol–water partition coefficient (Wildman–Crippen LogP) is 1.78. The first-order valence-corrected chi connectivity index (χ1v) is 4.40. The molecule has 1 aliphatic carbocycles. The van der Waals surface area contributed by atoms with Crippen molar-refractivity contribution in [2.45, 2.75) is 25.7 Å². The van der Waals surface area contributed by atoms with Crippen molar-refractivity contribution in [2.75, 3.05) is 0 Å². The van der Waals surface area contributed by atoms with Crippen LogP contribution in [-0.4, -0.2) is 4.57 Å². The van der Waals surface area contributed by atoms with Crippen molar-refractivity contribution < 1.29 is 0 Å². The van der Waals surface area contributed by atoms with Gasteiger partial charge in [-0.3, -0.25) is 0 Å². The van der Waals surface area contributed by atoms with Gasteiger partial charge in [-0.15, -0.1) is 0 Å². The lowest BCUT2D eigenvalue weighted by molar-refractivity contribution is 0.689. The fourth-order valence-corrected chi connectivity index (χ4v) is 2.00. The second-order valence-electron chi connectivity index (χ2n) is 3.41. The Hall–Kier alpha value is -1.23. The van der Waals surface area contributed by atoms with E-state index in [1.807, 2.05) is 11.6 Å². The average molecular weight is 160 g/mol. The normalized spacial score (nSPS) is 15.3. The van der Waals surface area contributed by atoms with E-state index in [0.717, 1.165) is 18.5 Å². The molecule has 2 nitrogen and oxygen atoms in total. The number of nitriles is 1. The molecule has 0 spiro atoms. The minimum absolute atomic E-state index is 0.865. The smallest absolute Gasteiger partial charge is 0.123 e. The number of hydrogen-bond donors (Lipinski definition) is 0. The molecule has 0 N–H and O–H groups in total. The summed E-state index contributed by atoms with van der Waals surface area (Å²) in [6.45, 7) is 0. The van der Waals surface area contributed by atoms with Gasteiger partial charge in [0.05, 0.1) is 0 Å². The van der Waals surface area contributed by atoms with E-state index in [1.165, 1.54) is 24.0 Å². The quantitative estimate of drug-likeness (QED) is 0.568. The molecule has 0 saturated heterocycles. The van der Waals surface area contributed by atoms with Crippen LogP contribution in [0, 0.1) is 11.3 Å². The topological polar surface area (TPSA) is 28.7 Å². The van der Waals surface area contributed by atoms with Crippen molar-refractivity contribution in [3.05, 3.63) is 23.0 Å². The summed E-state index contributed by atoms with van der Waals surface area (Å²) in [5.41, 5.74) is 3.55. The number of aromatic nitrogens is 1. The molecule has 1 heterocycles. The maximum atomic E-state index is 8.89. The van der Waals surface area contributed by atoms with E-state index < -0.39 is 0 Å². The van der Waals surface area contributed by atoms with Gasteiger partial charge < -0.3 is 4.57 Å². The van der Waals surface area contributed by atoms with E-state index in [9.17, 15) is 0 Å². The van der Waals surface area contributed by atoms with Crippen molar-refractivity contribution in [1.82, 2.24) is 4.57 Å². The third-order valence-corrected chi connectivity index (χ3v) is 2.60. The average Bonchev–Trinajstić information content (AvgIpc) is 2.40. The van der Waals surface area contributed by atoms with Crippen LogP contribution in [0.2, 0.25) is 0 Å². The number of hydrogen-bond acceptors (Lipinski definition) is 1. The fourth-order valence-electron chi connectivity index (χ4n) is 2.00. The van der Waals surface area contributed by atoms with Crippen molar-refractivity contribution in [1.29, 1.82) is 5.26 Å². The maximum Gasteiger partial charge on any atom is 0.123 e. The third-order valence-electron chi connectivity index (χ3n) is 2.60. The summed E-state index contributed by atoms with van der Waals surface area (Å²) in [6, 6.07) is 2.27. The molecule has 1 aliphatic rings. The molecule has 0 atom stereocenters. The van der Waals surface area contributed by atoms with Gasteiger partial charge in [0.2, 0.25) is 0 Å². The second kappa shape index (κ2) is 2.67. The molecule has 0 saturated carbocycles. The van der Waals surface area contributed by atoms with Gasteiger partial charge in [-0.05, 0) is 36.8 Å². The Bertz CT molecular complexity index is 341.